The number of halogens is 1. The molecule has 2 aromatic carbocycles. The molecule has 0 spiro atoms. The molecule has 0 aliphatic carbocycles. The van der Waals surface area contributed by atoms with Gasteiger partial charge in [0.1, 0.15) is 10.9 Å². The molecular weight excluding hydrogens is 466 g/mol. The Morgan fingerprint density at radius 1 is 1.12 bits per heavy atom. The number of nitrogens with zero attached hydrogens (tertiary/aromatic N) is 1. The second-order valence-corrected chi connectivity index (χ2v) is 10.4. The topological polar surface area (TPSA) is 105 Å². The summed E-state index contributed by atoms with van der Waals surface area (Å²) in [5, 5.41) is 5.38. The quantitative estimate of drug-likeness (QED) is 0.616. The SMILES string of the molecule is CC1CN(S(=O)(=O)c2cc(C(=O)NC(C)C(=O)NCc3ccccc3)ccc2Cl)CC(C)O1. The monoisotopic (exact) mass is 493 g/mol. The molecule has 2 N–H and O–H groups in total. The highest BCUT2D eigenvalue weighted by molar-refractivity contribution is 7.89. The number of sulfonamides is 1. The lowest BCUT2D eigenvalue weighted by Gasteiger charge is -2.34. The van der Waals surface area contributed by atoms with Crippen LogP contribution in [0.3, 0.4) is 0 Å². The maximum absolute atomic E-state index is 13.2. The molecule has 3 rings (SSSR count). The fourth-order valence-corrected chi connectivity index (χ4v) is 5.68. The normalized spacial score (nSPS) is 20.1. The highest BCUT2D eigenvalue weighted by Gasteiger charge is 2.34. The average molecular weight is 494 g/mol. The van der Waals surface area contributed by atoms with Gasteiger partial charge < -0.3 is 15.4 Å². The Labute approximate surface area is 199 Å². The third-order valence-electron chi connectivity index (χ3n) is 5.25. The van der Waals surface area contributed by atoms with Gasteiger partial charge in [-0.3, -0.25) is 9.59 Å². The number of carbonyl (C=O) groups is 2. The van der Waals surface area contributed by atoms with Crippen LogP contribution in [0.25, 0.3) is 0 Å². The van der Waals surface area contributed by atoms with Crippen molar-refractivity contribution in [2.45, 2.75) is 50.5 Å². The molecule has 1 heterocycles. The number of nitrogens with one attached hydrogen (secondary N) is 2. The van der Waals surface area contributed by atoms with Crippen molar-refractivity contribution in [3.05, 3.63) is 64.7 Å². The van der Waals surface area contributed by atoms with Crippen LogP contribution < -0.4 is 10.6 Å². The van der Waals surface area contributed by atoms with Crippen molar-refractivity contribution in [1.82, 2.24) is 14.9 Å². The van der Waals surface area contributed by atoms with E-state index < -0.39 is 22.0 Å². The maximum Gasteiger partial charge on any atom is 0.251 e. The molecule has 3 atom stereocenters. The van der Waals surface area contributed by atoms with Gasteiger partial charge in [-0.15, -0.1) is 0 Å². The van der Waals surface area contributed by atoms with Gasteiger partial charge in [0.25, 0.3) is 5.91 Å². The van der Waals surface area contributed by atoms with E-state index in [2.05, 4.69) is 10.6 Å². The van der Waals surface area contributed by atoms with Crippen molar-refractivity contribution < 1.29 is 22.7 Å². The molecule has 1 aliphatic heterocycles. The third kappa shape index (κ3) is 6.32. The molecule has 0 bridgehead atoms. The zero-order valence-corrected chi connectivity index (χ0v) is 20.3. The molecule has 8 nitrogen and oxygen atoms in total. The van der Waals surface area contributed by atoms with Crippen molar-refractivity contribution in [1.29, 1.82) is 0 Å². The maximum atomic E-state index is 13.2. The van der Waals surface area contributed by atoms with Crippen LogP contribution in [0.15, 0.2) is 53.4 Å². The summed E-state index contributed by atoms with van der Waals surface area (Å²) in [4.78, 5) is 25.0. The highest BCUT2D eigenvalue weighted by Crippen LogP contribution is 2.28. The van der Waals surface area contributed by atoms with Gasteiger partial charge in [0.2, 0.25) is 15.9 Å². The first-order valence-corrected chi connectivity index (χ1v) is 12.5. The van der Waals surface area contributed by atoms with E-state index in [4.69, 9.17) is 16.3 Å². The first-order chi connectivity index (χ1) is 15.6. The number of ether oxygens (including phenoxy) is 1. The lowest BCUT2D eigenvalue weighted by Crippen LogP contribution is -2.48. The predicted octanol–water partition coefficient (Wildman–Crippen LogP) is 2.57. The van der Waals surface area contributed by atoms with Gasteiger partial charge in [-0.2, -0.15) is 4.31 Å². The Bertz CT molecular complexity index is 1100. The van der Waals surface area contributed by atoms with Crippen LogP contribution in [0.5, 0.6) is 0 Å². The van der Waals surface area contributed by atoms with Gasteiger partial charge in [0.15, 0.2) is 0 Å². The van der Waals surface area contributed by atoms with E-state index in [0.717, 1.165) is 5.56 Å². The number of morpholine rings is 1. The first-order valence-electron chi connectivity index (χ1n) is 10.7. The van der Waals surface area contributed by atoms with Crippen LogP contribution in [0.4, 0.5) is 0 Å². The number of carbonyl (C=O) groups excluding carboxylic acids is 2. The molecule has 1 fully saturated rings. The molecule has 2 amide bonds. The Kier molecular flexibility index (Phi) is 8.12. The van der Waals surface area contributed by atoms with E-state index in [-0.39, 0.29) is 46.7 Å². The summed E-state index contributed by atoms with van der Waals surface area (Å²) < 4.78 is 33.4. The molecule has 1 aliphatic rings. The molecule has 33 heavy (non-hydrogen) atoms. The van der Waals surface area contributed by atoms with Crippen LogP contribution in [-0.4, -0.2) is 55.9 Å². The zero-order valence-electron chi connectivity index (χ0n) is 18.7. The van der Waals surface area contributed by atoms with Crippen LogP contribution in [0, 0.1) is 0 Å². The number of hydrogen-bond acceptors (Lipinski definition) is 5. The van der Waals surface area contributed by atoms with Crippen molar-refractivity contribution >= 4 is 33.4 Å². The van der Waals surface area contributed by atoms with E-state index in [0.29, 0.717) is 6.54 Å². The van der Waals surface area contributed by atoms with E-state index in [1.807, 2.05) is 30.3 Å². The molecule has 0 saturated carbocycles. The summed E-state index contributed by atoms with van der Waals surface area (Å²) >= 11 is 6.20. The zero-order chi connectivity index (χ0) is 24.2. The van der Waals surface area contributed by atoms with Crippen LogP contribution in [0.2, 0.25) is 5.02 Å². The summed E-state index contributed by atoms with van der Waals surface area (Å²) in [6.07, 6.45) is -0.520. The van der Waals surface area contributed by atoms with Crippen LogP contribution in [0.1, 0.15) is 36.7 Å². The Balaban J connectivity index is 1.70. The first kappa shape index (κ1) is 25.2. The van der Waals surface area contributed by atoms with Crippen LogP contribution in [-0.2, 0) is 26.1 Å². The van der Waals surface area contributed by atoms with E-state index in [1.54, 1.807) is 20.8 Å². The fourth-order valence-electron chi connectivity index (χ4n) is 3.59. The van der Waals surface area contributed by atoms with Gasteiger partial charge in [-0.25, -0.2) is 8.42 Å². The molecule has 1 saturated heterocycles. The number of benzene rings is 2. The highest BCUT2D eigenvalue weighted by atomic mass is 35.5. The Hall–Kier alpha value is -2.46. The molecule has 178 valence electrons. The second-order valence-electron chi connectivity index (χ2n) is 8.12. The molecular formula is C23H28ClN3O5S. The standard InChI is InChI=1S/C23H28ClN3O5S/c1-15-13-27(14-16(2)32-15)33(30,31)21-11-19(9-10-20(21)24)23(29)26-17(3)22(28)25-12-18-7-5-4-6-8-18/h4-11,15-17H,12-14H2,1-3H3,(H,25,28)(H,26,29). The van der Waals surface area contributed by atoms with Gasteiger partial charge >= 0.3 is 0 Å². The van der Waals surface area contributed by atoms with Crippen LogP contribution >= 0.6 is 11.6 Å². The minimum Gasteiger partial charge on any atom is -0.373 e. The van der Waals surface area contributed by atoms with Gasteiger partial charge in [0, 0.05) is 25.2 Å². The number of hydrogen-bond donors (Lipinski definition) is 2. The average Bonchev–Trinajstić information content (AvgIpc) is 2.77. The predicted molar refractivity (Wildman–Crippen MR) is 125 cm³/mol. The second kappa shape index (κ2) is 10.6. The minimum atomic E-state index is -3.94. The van der Waals surface area contributed by atoms with E-state index >= 15 is 0 Å². The fraction of sp³-hybridized carbons (Fsp3) is 0.391. The summed E-state index contributed by atoms with van der Waals surface area (Å²) in [6.45, 7) is 5.87. The van der Waals surface area contributed by atoms with Crippen molar-refractivity contribution in [2.24, 2.45) is 0 Å². The number of rotatable bonds is 7. The molecule has 0 aromatic heterocycles. The summed E-state index contributed by atoms with van der Waals surface area (Å²) in [6, 6.07) is 12.6. The summed E-state index contributed by atoms with van der Waals surface area (Å²) in [5.74, 6) is -0.931. The third-order valence-corrected chi connectivity index (χ3v) is 7.56. The largest absolute Gasteiger partial charge is 0.373 e. The van der Waals surface area contributed by atoms with Crippen molar-refractivity contribution in [3.63, 3.8) is 0 Å². The van der Waals surface area contributed by atoms with Gasteiger partial charge in [-0.1, -0.05) is 41.9 Å². The summed E-state index contributed by atoms with van der Waals surface area (Å²) in [5.41, 5.74) is 1.03. The number of amides is 2. The van der Waals surface area contributed by atoms with Gasteiger partial charge in [0.05, 0.1) is 17.2 Å². The minimum absolute atomic E-state index is 0.0204. The molecule has 10 heteroatoms. The van der Waals surface area contributed by atoms with E-state index in [1.165, 1.54) is 22.5 Å². The van der Waals surface area contributed by atoms with Crippen molar-refractivity contribution in [3.8, 4) is 0 Å². The smallest absolute Gasteiger partial charge is 0.251 e. The van der Waals surface area contributed by atoms with Gasteiger partial charge in [-0.05, 0) is 44.5 Å². The Morgan fingerprint density at radius 2 is 1.76 bits per heavy atom. The lowest BCUT2D eigenvalue weighted by atomic mass is 10.2. The lowest BCUT2D eigenvalue weighted by molar-refractivity contribution is -0.122. The Morgan fingerprint density at radius 3 is 2.39 bits per heavy atom. The van der Waals surface area contributed by atoms with E-state index in [9.17, 15) is 18.0 Å². The molecule has 3 unspecified atom stereocenters. The molecule has 0 radical (unpaired) electrons. The summed E-state index contributed by atoms with van der Waals surface area (Å²) in [7, 11) is -3.94. The molecule has 2 aromatic rings. The van der Waals surface area contributed by atoms with Crippen molar-refractivity contribution in [2.75, 3.05) is 13.1 Å².